The number of nitrogens with one attached hydrogen (secondary N) is 1. The fourth-order valence-electron chi connectivity index (χ4n) is 1.91. The van der Waals surface area contributed by atoms with Gasteiger partial charge in [0.2, 0.25) is 5.91 Å². The minimum absolute atomic E-state index is 0.169. The highest BCUT2D eigenvalue weighted by atomic mass is 32.2. The Balaban J connectivity index is 2.52. The monoisotopic (exact) mass is 346 g/mol. The van der Waals surface area contributed by atoms with Crippen LogP contribution in [0.5, 0.6) is 0 Å². The molecule has 0 aliphatic carbocycles. The summed E-state index contributed by atoms with van der Waals surface area (Å²) in [7, 11) is 0. The van der Waals surface area contributed by atoms with E-state index in [2.05, 4.69) is 5.32 Å². The maximum Gasteiger partial charge on any atom is 0.230 e. The second-order valence-corrected chi connectivity index (χ2v) is 6.29. The Morgan fingerprint density at radius 3 is 2.55 bits per heavy atom. The van der Waals surface area contributed by atoms with Crippen molar-refractivity contribution in [3.63, 3.8) is 0 Å². The molecule has 0 fully saturated rings. The molecule has 1 N–H and O–H groups in total. The quantitative estimate of drug-likeness (QED) is 0.799. The highest BCUT2D eigenvalue weighted by Gasteiger charge is 2.15. The zero-order valence-electron chi connectivity index (χ0n) is 12.9. The smallest absolute Gasteiger partial charge is 0.230 e. The molecule has 7 heteroatoms. The van der Waals surface area contributed by atoms with Gasteiger partial charge >= 0.3 is 0 Å². The maximum atomic E-state index is 13.6. The molecule has 3 nitrogen and oxygen atoms in total. The molecule has 0 aliphatic rings. The fraction of sp³-hybridized carbons (Fsp3) is 0.467. The number of nitrogens with zero attached hydrogens (tertiary/aromatic N) is 1. The second kappa shape index (κ2) is 9.05. The lowest BCUT2D eigenvalue weighted by Crippen LogP contribution is -2.31. The maximum absolute atomic E-state index is 13.6. The van der Waals surface area contributed by atoms with Crippen molar-refractivity contribution in [2.24, 2.45) is 0 Å². The average molecular weight is 346 g/mol. The van der Waals surface area contributed by atoms with Crippen LogP contribution in [0.3, 0.4) is 0 Å². The van der Waals surface area contributed by atoms with Crippen molar-refractivity contribution in [3.8, 4) is 0 Å². The molecule has 0 saturated carbocycles. The standard InChI is InChI=1S/C15H20F2N2OS2/c1-4-19(5-2)15(21)22-9-14(20)18-10(3)12-7-6-11(16)8-13(12)17/h6-8,10H,4-5,9H2,1-3H3,(H,18,20)/t10-/m1/s1. The van der Waals surface area contributed by atoms with E-state index in [1.54, 1.807) is 6.92 Å². The van der Waals surface area contributed by atoms with Crippen LogP contribution < -0.4 is 5.32 Å². The number of hydrogen-bond acceptors (Lipinski definition) is 3. The third-order valence-corrected chi connectivity index (χ3v) is 4.68. The van der Waals surface area contributed by atoms with Crippen LogP contribution in [0.25, 0.3) is 0 Å². The summed E-state index contributed by atoms with van der Waals surface area (Å²) in [4.78, 5) is 13.9. The largest absolute Gasteiger partial charge is 0.358 e. The molecule has 0 radical (unpaired) electrons. The van der Waals surface area contributed by atoms with Gasteiger partial charge < -0.3 is 10.2 Å². The van der Waals surface area contributed by atoms with E-state index in [0.717, 1.165) is 19.2 Å². The molecule has 122 valence electrons. The van der Waals surface area contributed by atoms with Crippen molar-refractivity contribution >= 4 is 34.2 Å². The van der Waals surface area contributed by atoms with Gasteiger partial charge in [-0.1, -0.05) is 30.0 Å². The number of carbonyl (C=O) groups is 1. The summed E-state index contributed by atoms with van der Waals surface area (Å²) < 4.78 is 27.2. The molecule has 0 unspecified atom stereocenters. The first kappa shape index (κ1) is 18.8. The van der Waals surface area contributed by atoms with E-state index >= 15 is 0 Å². The molecule has 0 heterocycles. The summed E-state index contributed by atoms with van der Waals surface area (Å²) in [5.41, 5.74) is 0.256. The first-order chi connectivity index (χ1) is 10.4. The minimum Gasteiger partial charge on any atom is -0.358 e. The van der Waals surface area contributed by atoms with Crippen LogP contribution in [0.4, 0.5) is 8.78 Å². The molecule has 0 saturated heterocycles. The lowest BCUT2D eigenvalue weighted by molar-refractivity contribution is -0.119. The van der Waals surface area contributed by atoms with Gasteiger partial charge in [-0.2, -0.15) is 0 Å². The molecule has 0 aromatic heterocycles. The molecular weight excluding hydrogens is 326 g/mol. The van der Waals surface area contributed by atoms with Crippen LogP contribution in [-0.2, 0) is 4.79 Å². The number of thioether (sulfide) groups is 1. The van der Waals surface area contributed by atoms with Crippen LogP contribution in [0, 0.1) is 11.6 Å². The van der Waals surface area contributed by atoms with E-state index in [1.165, 1.54) is 23.9 Å². The Morgan fingerprint density at radius 1 is 1.36 bits per heavy atom. The van der Waals surface area contributed by atoms with Crippen molar-refractivity contribution in [2.45, 2.75) is 26.8 Å². The summed E-state index contributed by atoms with van der Waals surface area (Å²) in [6, 6.07) is 2.78. The Bertz CT molecular complexity index is 536. The zero-order valence-corrected chi connectivity index (χ0v) is 14.5. The van der Waals surface area contributed by atoms with Gasteiger partial charge in [0.05, 0.1) is 11.8 Å². The lowest BCUT2D eigenvalue weighted by Gasteiger charge is -2.21. The van der Waals surface area contributed by atoms with Crippen LogP contribution >= 0.6 is 24.0 Å². The molecule has 0 bridgehead atoms. The van der Waals surface area contributed by atoms with Crippen LogP contribution in [0.2, 0.25) is 0 Å². The number of benzene rings is 1. The number of amides is 1. The molecule has 0 spiro atoms. The topological polar surface area (TPSA) is 32.3 Å². The van der Waals surface area contributed by atoms with Crippen molar-refractivity contribution < 1.29 is 13.6 Å². The second-order valence-electron chi connectivity index (χ2n) is 4.68. The van der Waals surface area contributed by atoms with E-state index in [-0.39, 0.29) is 17.2 Å². The summed E-state index contributed by atoms with van der Waals surface area (Å²) >= 11 is 6.52. The molecule has 1 atom stereocenters. The van der Waals surface area contributed by atoms with Gasteiger partial charge in [0.25, 0.3) is 0 Å². The fourth-order valence-corrected chi connectivity index (χ4v) is 3.13. The number of carbonyl (C=O) groups excluding carboxylic acids is 1. The number of thiocarbonyl (C=S) groups is 1. The molecule has 1 aromatic rings. The molecular formula is C15H20F2N2OS2. The van der Waals surface area contributed by atoms with Gasteiger partial charge in [-0.25, -0.2) is 8.78 Å². The summed E-state index contributed by atoms with van der Waals surface area (Å²) in [6.07, 6.45) is 0. The number of hydrogen-bond donors (Lipinski definition) is 1. The normalized spacial score (nSPS) is 11.9. The summed E-state index contributed by atoms with van der Waals surface area (Å²) in [6.45, 7) is 7.23. The van der Waals surface area contributed by atoms with Crippen molar-refractivity contribution in [1.82, 2.24) is 10.2 Å². The molecule has 1 rings (SSSR count). The SMILES string of the molecule is CCN(CC)C(=S)SCC(=O)N[C@H](C)c1ccc(F)cc1F. The van der Waals surface area contributed by atoms with Crippen molar-refractivity contribution in [2.75, 3.05) is 18.8 Å². The Morgan fingerprint density at radius 2 is 2.00 bits per heavy atom. The predicted molar refractivity (Wildman–Crippen MR) is 90.9 cm³/mol. The van der Waals surface area contributed by atoms with Gasteiger partial charge in [0.15, 0.2) is 0 Å². The molecule has 22 heavy (non-hydrogen) atoms. The summed E-state index contributed by atoms with van der Waals surface area (Å²) in [5.74, 6) is -1.38. The van der Waals surface area contributed by atoms with E-state index in [4.69, 9.17) is 12.2 Å². The third kappa shape index (κ3) is 5.53. The Labute approximate surface area is 139 Å². The van der Waals surface area contributed by atoms with Gasteiger partial charge in [-0.15, -0.1) is 0 Å². The van der Waals surface area contributed by atoms with Crippen molar-refractivity contribution in [1.29, 1.82) is 0 Å². The van der Waals surface area contributed by atoms with Gasteiger partial charge in [0, 0.05) is 24.7 Å². The highest BCUT2D eigenvalue weighted by Crippen LogP contribution is 2.18. The Kier molecular flexibility index (Phi) is 7.75. The van der Waals surface area contributed by atoms with Crippen LogP contribution in [-0.4, -0.2) is 34.0 Å². The number of rotatable bonds is 6. The van der Waals surface area contributed by atoms with Crippen LogP contribution in [0.15, 0.2) is 18.2 Å². The lowest BCUT2D eigenvalue weighted by atomic mass is 10.1. The third-order valence-electron chi connectivity index (χ3n) is 3.15. The van der Waals surface area contributed by atoms with Crippen molar-refractivity contribution in [3.05, 3.63) is 35.4 Å². The first-order valence-corrected chi connectivity index (χ1v) is 8.44. The molecule has 1 amide bonds. The van der Waals surface area contributed by atoms with E-state index in [1.807, 2.05) is 18.7 Å². The zero-order chi connectivity index (χ0) is 16.7. The molecule has 1 aromatic carbocycles. The average Bonchev–Trinajstić information content (AvgIpc) is 2.46. The first-order valence-electron chi connectivity index (χ1n) is 7.05. The van der Waals surface area contributed by atoms with E-state index < -0.39 is 17.7 Å². The molecule has 0 aliphatic heterocycles. The minimum atomic E-state index is -0.667. The highest BCUT2D eigenvalue weighted by molar-refractivity contribution is 8.23. The number of halogens is 2. The van der Waals surface area contributed by atoms with E-state index in [0.29, 0.717) is 4.32 Å². The van der Waals surface area contributed by atoms with Gasteiger partial charge in [0.1, 0.15) is 16.0 Å². The Hall–Kier alpha value is -1.21. The summed E-state index contributed by atoms with van der Waals surface area (Å²) in [5, 5.41) is 2.69. The van der Waals surface area contributed by atoms with Gasteiger partial charge in [-0.05, 0) is 26.8 Å². The van der Waals surface area contributed by atoms with Gasteiger partial charge in [-0.3, -0.25) is 4.79 Å². The van der Waals surface area contributed by atoms with Crippen LogP contribution in [0.1, 0.15) is 32.4 Å². The van der Waals surface area contributed by atoms with E-state index in [9.17, 15) is 13.6 Å². The predicted octanol–water partition coefficient (Wildman–Crippen LogP) is 3.50.